The molecule has 0 radical (unpaired) electrons. The van der Waals surface area contributed by atoms with Crippen LogP contribution in [-0.2, 0) is 21.2 Å². The first-order chi connectivity index (χ1) is 14.3. The van der Waals surface area contributed by atoms with Gasteiger partial charge in [0.25, 0.3) is 10.0 Å². The highest BCUT2D eigenvalue weighted by Gasteiger charge is 2.21. The minimum absolute atomic E-state index is 0.149. The van der Waals surface area contributed by atoms with Crippen LogP contribution in [0.15, 0.2) is 77.7 Å². The Morgan fingerprint density at radius 2 is 1.70 bits per heavy atom. The van der Waals surface area contributed by atoms with Crippen LogP contribution in [0.25, 0.3) is 0 Å². The molecule has 1 N–H and O–H groups in total. The lowest BCUT2D eigenvalue weighted by atomic mass is 10.1. The Morgan fingerprint density at radius 1 is 1.03 bits per heavy atom. The summed E-state index contributed by atoms with van der Waals surface area (Å²) < 4.78 is 31.9. The van der Waals surface area contributed by atoms with Crippen LogP contribution in [0.3, 0.4) is 0 Å². The number of halogens is 1. The van der Waals surface area contributed by atoms with Gasteiger partial charge in [-0.2, -0.15) is 0 Å². The molecule has 0 aliphatic carbocycles. The number of sulfonamides is 1. The Kier molecular flexibility index (Phi) is 6.64. The minimum atomic E-state index is -3.71. The van der Waals surface area contributed by atoms with E-state index in [1.807, 2.05) is 0 Å². The van der Waals surface area contributed by atoms with Crippen LogP contribution < -0.4 is 14.4 Å². The smallest absolute Gasteiger partial charge is 0.264 e. The molecule has 0 fully saturated rings. The largest absolute Gasteiger partial charge is 0.497 e. The second kappa shape index (κ2) is 9.19. The van der Waals surface area contributed by atoms with Crippen LogP contribution in [0, 0.1) is 0 Å². The third-order valence-corrected chi connectivity index (χ3v) is 6.54. The van der Waals surface area contributed by atoms with Crippen molar-refractivity contribution in [2.75, 3.05) is 23.8 Å². The number of nitrogens with zero attached hydrogens (tertiary/aromatic N) is 1. The summed E-state index contributed by atoms with van der Waals surface area (Å²) in [6.45, 7) is 0. The zero-order valence-corrected chi connectivity index (χ0v) is 18.1. The highest BCUT2D eigenvalue weighted by atomic mass is 35.5. The molecule has 0 unspecified atom stereocenters. The van der Waals surface area contributed by atoms with Crippen molar-refractivity contribution in [1.82, 2.24) is 0 Å². The first-order valence-electron chi connectivity index (χ1n) is 9.07. The predicted octanol–water partition coefficient (Wildman–Crippen LogP) is 4.35. The van der Waals surface area contributed by atoms with Crippen molar-refractivity contribution < 1.29 is 17.9 Å². The maximum Gasteiger partial charge on any atom is 0.264 e. The van der Waals surface area contributed by atoms with Crippen molar-refractivity contribution in [3.8, 4) is 5.75 Å². The minimum Gasteiger partial charge on any atom is -0.497 e. The molecule has 0 aliphatic rings. The fourth-order valence-corrected chi connectivity index (χ4v) is 4.14. The van der Waals surface area contributed by atoms with Crippen molar-refractivity contribution in [2.45, 2.75) is 11.3 Å². The van der Waals surface area contributed by atoms with E-state index in [1.54, 1.807) is 55.6 Å². The maximum atomic E-state index is 12.8. The number of carbonyl (C=O) groups excluding carboxylic acids is 1. The summed E-state index contributed by atoms with van der Waals surface area (Å²) in [5, 5.41) is 3.28. The Morgan fingerprint density at radius 3 is 2.33 bits per heavy atom. The lowest BCUT2D eigenvalue weighted by Crippen LogP contribution is -2.26. The molecule has 0 saturated carbocycles. The van der Waals surface area contributed by atoms with E-state index in [0.29, 0.717) is 22.1 Å². The van der Waals surface area contributed by atoms with Gasteiger partial charge in [-0.05, 0) is 54.1 Å². The molecule has 156 valence electrons. The summed E-state index contributed by atoms with van der Waals surface area (Å²) in [4.78, 5) is 12.5. The molecule has 3 aromatic carbocycles. The standard InChI is InChI=1S/C22H21ClN2O4S/c1-25(30(27,28)21-12-8-17(23)9-13-21)19-10-6-16(7-11-19)14-22(26)24-18-4-3-5-20(15-18)29-2/h3-13,15H,14H2,1-2H3,(H,24,26). The molecule has 8 heteroatoms. The van der Waals surface area contributed by atoms with Crippen molar-refractivity contribution in [2.24, 2.45) is 0 Å². The summed E-state index contributed by atoms with van der Waals surface area (Å²) in [6.07, 6.45) is 0.158. The van der Waals surface area contributed by atoms with E-state index in [1.165, 1.54) is 35.6 Å². The fourth-order valence-electron chi connectivity index (χ4n) is 2.82. The number of hydrogen-bond acceptors (Lipinski definition) is 4. The van der Waals surface area contributed by atoms with Crippen LogP contribution in [0.4, 0.5) is 11.4 Å². The zero-order valence-electron chi connectivity index (χ0n) is 16.5. The zero-order chi connectivity index (χ0) is 21.7. The average molecular weight is 445 g/mol. The quantitative estimate of drug-likeness (QED) is 0.587. The van der Waals surface area contributed by atoms with E-state index >= 15 is 0 Å². The van der Waals surface area contributed by atoms with Gasteiger partial charge >= 0.3 is 0 Å². The van der Waals surface area contributed by atoms with E-state index in [9.17, 15) is 13.2 Å². The van der Waals surface area contributed by atoms with E-state index in [-0.39, 0.29) is 17.2 Å². The van der Waals surface area contributed by atoms with Gasteiger partial charge in [-0.1, -0.05) is 29.8 Å². The fraction of sp³-hybridized carbons (Fsp3) is 0.136. The van der Waals surface area contributed by atoms with Crippen molar-refractivity contribution in [3.63, 3.8) is 0 Å². The van der Waals surface area contributed by atoms with Gasteiger partial charge in [-0.3, -0.25) is 9.10 Å². The van der Waals surface area contributed by atoms with Gasteiger partial charge in [-0.25, -0.2) is 8.42 Å². The maximum absolute atomic E-state index is 12.8. The highest BCUT2D eigenvalue weighted by molar-refractivity contribution is 7.92. The molecule has 0 aliphatic heterocycles. The molecule has 0 aromatic heterocycles. The monoisotopic (exact) mass is 444 g/mol. The molecule has 0 bridgehead atoms. The number of carbonyl (C=O) groups is 1. The molecule has 0 spiro atoms. The molecule has 30 heavy (non-hydrogen) atoms. The van der Waals surface area contributed by atoms with Gasteiger partial charge in [-0.15, -0.1) is 0 Å². The van der Waals surface area contributed by atoms with Crippen LogP contribution in [-0.4, -0.2) is 28.5 Å². The van der Waals surface area contributed by atoms with Crippen molar-refractivity contribution >= 4 is 38.9 Å². The third-order valence-electron chi connectivity index (χ3n) is 4.49. The number of hydrogen-bond donors (Lipinski definition) is 1. The normalized spacial score (nSPS) is 11.0. The number of methoxy groups -OCH3 is 1. The van der Waals surface area contributed by atoms with E-state index < -0.39 is 10.0 Å². The first-order valence-corrected chi connectivity index (χ1v) is 10.9. The Bertz CT molecular complexity index is 1130. The third kappa shape index (κ3) is 5.11. The van der Waals surface area contributed by atoms with E-state index in [0.717, 1.165) is 5.56 Å². The van der Waals surface area contributed by atoms with Gasteiger partial charge in [0.1, 0.15) is 5.75 Å². The number of ether oxygens (including phenoxy) is 1. The molecule has 3 rings (SSSR count). The Labute approximate surface area is 181 Å². The lowest BCUT2D eigenvalue weighted by Gasteiger charge is -2.20. The van der Waals surface area contributed by atoms with Crippen LogP contribution in [0.1, 0.15) is 5.56 Å². The van der Waals surface area contributed by atoms with Crippen molar-refractivity contribution in [3.05, 3.63) is 83.4 Å². The molecule has 6 nitrogen and oxygen atoms in total. The number of nitrogens with one attached hydrogen (secondary N) is 1. The summed E-state index contributed by atoms with van der Waals surface area (Å²) in [6, 6.07) is 19.9. The van der Waals surface area contributed by atoms with Gasteiger partial charge in [0.15, 0.2) is 0 Å². The second-order valence-corrected chi connectivity index (χ2v) is 8.96. The van der Waals surface area contributed by atoms with Crippen LogP contribution in [0.2, 0.25) is 5.02 Å². The SMILES string of the molecule is COc1cccc(NC(=O)Cc2ccc(N(C)S(=O)(=O)c3ccc(Cl)cc3)cc2)c1. The molecule has 0 saturated heterocycles. The number of rotatable bonds is 7. The van der Waals surface area contributed by atoms with Gasteiger partial charge in [0.2, 0.25) is 5.91 Å². The second-order valence-electron chi connectivity index (χ2n) is 6.55. The van der Waals surface area contributed by atoms with Gasteiger partial charge < -0.3 is 10.1 Å². The van der Waals surface area contributed by atoms with Crippen LogP contribution in [0.5, 0.6) is 5.75 Å². The molecule has 0 heterocycles. The number of anilines is 2. The molecule has 3 aromatic rings. The van der Waals surface area contributed by atoms with E-state index in [4.69, 9.17) is 16.3 Å². The molecule has 0 atom stereocenters. The Balaban J connectivity index is 1.68. The lowest BCUT2D eigenvalue weighted by molar-refractivity contribution is -0.115. The summed E-state index contributed by atoms with van der Waals surface area (Å²) in [7, 11) is -0.666. The molecular weight excluding hydrogens is 424 g/mol. The Hall–Kier alpha value is -3.03. The molecular formula is C22H21ClN2O4S. The van der Waals surface area contributed by atoms with Crippen molar-refractivity contribution in [1.29, 1.82) is 0 Å². The first kappa shape index (κ1) is 21.7. The highest BCUT2D eigenvalue weighted by Crippen LogP contribution is 2.24. The topological polar surface area (TPSA) is 75.7 Å². The summed E-state index contributed by atoms with van der Waals surface area (Å²) in [5.74, 6) is 0.472. The number of benzene rings is 3. The predicted molar refractivity (Wildman–Crippen MR) is 119 cm³/mol. The summed E-state index contributed by atoms with van der Waals surface area (Å²) in [5.41, 5.74) is 1.89. The van der Waals surface area contributed by atoms with Crippen LogP contribution >= 0.6 is 11.6 Å². The average Bonchev–Trinajstić information content (AvgIpc) is 2.74. The van der Waals surface area contributed by atoms with E-state index in [2.05, 4.69) is 5.32 Å². The summed E-state index contributed by atoms with van der Waals surface area (Å²) >= 11 is 5.84. The molecule has 1 amide bonds. The number of amides is 1. The van der Waals surface area contributed by atoms with Gasteiger partial charge in [0, 0.05) is 23.8 Å². The van der Waals surface area contributed by atoms with Gasteiger partial charge in [0.05, 0.1) is 24.1 Å².